The smallest absolute Gasteiger partial charge is 0.258 e. The van der Waals surface area contributed by atoms with Gasteiger partial charge in [0.1, 0.15) is 5.75 Å². The number of amides is 1. The van der Waals surface area contributed by atoms with E-state index >= 15 is 0 Å². The van der Waals surface area contributed by atoms with E-state index in [0.29, 0.717) is 18.8 Å². The Kier molecular flexibility index (Phi) is 7.04. The Hall–Kier alpha value is -1.59. The van der Waals surface area contributed by atoms with E-state index < -0.39 is 0 Å². The predicted octanol–water partition coefficient (Wildman–Crippen LogP) is 1.20. The summed E-state index contributed by atoms with van der Waals surface area (Å²) in [6.07, 6.45) is 0.461. The van der Waals surface area contributed by atoms with Crippen LogP contribution in [0.3, 0.4) is 0 Å². The number of rotatable bonds is 8. The fourth-order valence-electron chi connectivity index (χ4n) is 1.83. The number of carbonyl (C=O) groups is 1. The van der Waals surface area contributed by atoms with Gasteiger partial charge in [-0.05, 0) is 37.5 Å². The Morgan fingerprint density at radius 2 is 2.15 bits per heavy atom. The first-order chi connectivity index (χ1) is 9.56. The van der Waals surface area contributed by atoms with Crippen LogP contribution in [0.5, 0.6) is 5.75 Å². The molecule has 5 nitrogen and oxygen atoms in total. The van der Waals surface area contributed by atoms with E-state index in [1.54, 1.807) is 7.11 Å². The Labute approximate surface area is 119 Å². The average molecular weight is 281 g/mol. The lowest BCUT2D eigenvalue weighted by Gasteiger charge is -2.17. The SMILES string of the molecule is COCC(CCO)NC(=O)COc1cc(C)ccc1C. The summed E-state index contributed by atoms with van der Waals surface area (Å²) in [5.41, 5.74) is 2.08. The summed E-state index contributed by atoms with van der Waals surface area (Å²) in [6.45, 7) is 4.24. The van der Waals surface area contributed by atoms with Crippen molar-refractivity contribution in [3.63, 3.8) is 0 Å². The van der Waals surface area contributed by atoms with Crippen LogP contribution in [0.1, 0.15) is 17.5 Å². The quantitative estimate of drug-likeness (QED) is 0.751. The highest BCUT2D eigenvalue weighted by atomic mass is 16.5. The molecule has 1 rings (SSSR count). The van der Waals surface area contributed by atoms with Gasteiger partial charge in [-0.15, -0.1) is 0 Å². The Balaban J connectivity index is 2.47. The average Bonchev–Trinajstić information content (AvgIpc) is 2.40. The third-order valence-electron chi connectivity index (χ3n) is 2.91. The standard InChI is InChI=1S/C15H23NO4/c1-11-4-5-12(2)14(8-11)20-10-15(18)16-13(6-7-17)9-19-3/h4-5,8,13,17H,6-7,9-10H2,1-3H3,(H,16,18). The summed E-state index contributed by atoms with van der Waals surface area (Å²) in [7, 11) is 1.56. The van der Waals surface area contributed by atoms with Crippen LogP contribution in [-0.4, -0.2) is 44.0 Å². The van der Waals surface area contributed by atoms with E-state index in [1.807, 2.05) is 32.0 Å². The summed E-state index contributed by atoms with van der Waals surface area (Å²) in [5.74, 6) is 0.493. The van der Waals surface area contributed by atoms with E-state index in [-0.39, 0.29) is 25.2 Å². The second-order valence-electron chi connectivity index (χ2n) is 4.79. The maximum Gasteiger partial charge on any atom is 0.258 e. The minimum Gasteiger partial charge on any atom is -0.483 e. The fourth-order valence-corrected chi connectivity index (χ4v) is 1.83. The van der Waals surface area contributed by atoms with Gasteiger partial charge in [-0.1, -0.05) is 12.1 Å². The predicted molar refractivity (Wildman–Crippen MR) is 76.9 cm³/mol. The van der Waals surface area contributed by atoms with Crippen molar-refractivity contribution < 1.29 is 19.4 Å². The molecule has 1 aromatic rings. The van der Waals surface area contributed by atoms with Crippen LogP contribution in [0, 0.1) is 13.8 Å². The fraction of sp³-hybridized carbons (Fsp3) is 0.533. The second kappa shape index (κ2) is 8.55. The van der Waals surface area contributed by atoms with Crippen molar-refractivity contribution in [3.05, 3.63) is 29.3 Å². The van der Waals surface area contributed by atoms with Crippen molar-refractivity contribution in [2.45, 2.75) is 26.3 Å². The monoisotopic (exact) mass is 281 g/mol. The first-order valence-electron chi connectivity index (χ1n) is 6.66. The van der Waals surface area contributed by atoms with Crippen LogP contribution in [0.15, 0.2) is 18.2 Å². The van der Waals surface area contributed by atoms with Crippen molar-refractivity contribution in [2.75, 3.05) is 26.9 Å². The number of methoxy groups -OCH3 is 1. The summed E-state index contributed by atoms with van der Waals surface area (Å²) >= 11 is 0. The lowest BCUT2D eigenvalue weighted by molar-refractivity contribution is -0.124. The van der Waals surface area contributed by atoms with E-state index in [4.69, 9.17) is 14.6 Å². The van der Waals surface area contributed by atoms with Gasteiger partial charge in [0.25, 0.3) is 5.91 Å². The number of carbonyl (C=O) groups excluding carboxylic acids is 1. The van der Waals surface area contributed by atoms with E-state index in [1.165, 1.54) is 0 Å². The number of aliphatic hydroxyl groups excluding tert-OH is 1. The molecule has 5 heteroatoms. The van der Waals surface area contributed by atoms with Crippen molar-refractivity contribution in [3.8, 4) is 5.75 Å². The van der Waals surface area contributed by atoms with E-state index in [0.717, 1.165) is 11.1 Å². The molecule has 0 aliphatic heterocycles. The molecule has 1 amide bonds. The van der Waals surface area contributed by atoms with Crippen molar-refractivity contribution in [1.82, 2.24) is 5.32 Å². The Bertz CT molecular complexity index is 428. The van der Waals surface area contributed by atoms with Crippen LogP contribution in [-0.2, 0) is 9.53 Å². The van der Waals surface area contributed by atoms with Crippen LogP contribution in [0.2, 0.25) is 0 Å². The molecule has 0 bridgehead atoms. The van der Waals surface area contributed by atoms with Gasteiger partial charge in [-0.25, -0.2) is 0 Å². The molecule has 112 valence electrons. The maximum absolute atomic E-state index is 11.8. The van der Waals surface area contributed by atoms with Crippen molar-refractivity contribution in [2.24, 2.45) is 0 Å². The highest BCUT2D eigenvalue weighted by molar-refractivity contribution is 5.77. The summed E-state index contributed by atoms with van der Waals surface area (Å²) in [5, 5.41) is 11.7. The van der Waals surface area contributed by atoms with Gasteiger partial charge >= 0.3 is 0 Å². The number of ether oxygens (including phenoxy) is 2. The number of hydrogen-bond acceptors (Lipinski definition) is 4. The van der Waals surface area contributed by atoms with Crippen molar-refractivity contribution in [1.29, 1.82) is 0 Å². The summed E-state index contributed by atoms with van der Waals surface area (Å²) < 4.78 is 10.5. The molecule has 2 N–H and O–H groups in total. The first-order valence-corrected chi connectivity index (χ1v) is 6.66. The molecule has 20 heavy (non-hydrogen) atoms. The number of hydrogen-bond donors (Lipinski definition) is 2. The molecule has 0 radical (unpaired) electrons. The molecule has 0 saturated carbocycles. The lowest BCUT2D eigenvalue weighted by Crippen LogP contribution is -2.41. The topological polar surface area (TPSA) is 67.8 Å². The zero-order valence-corrected chi connectivity index (χ0v) is 12.3. The van der Waals surface area contributed by atoms with Crippen LogP contribution >= 0.6 is 0 Å². The molecule has 0 saturated heterocycles. The summed E-state index contributed by atoms with van der Waals surface area (Å²) in [4.78, 5) is 11.8. The molecule has 1 aromatic carbocycles. The zero-order chi connectivity index (χ0) is 15.0. The number of aryl methyl sites for hydroxylation is 2. The third kappa shape index (κ3) is 5.59. The lowest BCUT2D eigenvalue weighted by atomic mass is 10.1. The van der Waals surface area contributed by atoms with Gasteiger partial charge in [-0.2, -0.15) is 0 Å². The molecule has 0 aliphatic rings. The molecule has 1 unspecified atom stereocenters. The zero-order valence-electron chi connectivity index (χ0n) is 12.3. The van der Waals surface area contributed by atoms with Crippen LogP contribution in [0.4, 0.5) is 0 Å². The highest BCUT2D eigenvalue weighted by Crippen LogP contribution is 2.18. The van der Waals surface area contributed by atoms with E-state index in [9.17, 15) is 4.79 Å². The molecular formula is C15H23NO4. The van der Waals surface area contributed by atoms with Gasteiger partial charge in [0.2, 0.25) is 0 Å². The molecule has 0 heterocycles. The largest absolute Gasteiger partial charge is 0.483 e. The van der Waals surface area contributed by atoms with Crippen molar-refractivity contribution >= 4 is 5.91 Å². The third-order valence-corrected chi connectivity index (χ3v) is 2.91. The molecule has 0 spiro atoms. The normalized spacial score (nSPS) is 12.0. The first kappa shape index (κ1) is 16.5. The van der Waals surface area contributed by atoms with Gasteiger partial charge in [0.15, 0.2) is 6.61 Å². The highest BCUT2D eigenvalue weighted by Gasteiger charge is 2.12. The Morgan fingerprint density at radius 3 is 2.80 bits per heavy atom. The van der Waals surface area contributed by atoms with E-state index in [2.05, 4.69) is 5.32 Å². The molecule has 0 aromatic heterocycles. The minimum absolute atomic E-state index is 0.00610. The maximum atomic E-state index is 11.8. The summed E-state index contributed by atoms with van der Waals surface area (Å²) in [6, 6.07) is 5.67. The minimum atomic E-state index is -0.221. The molecule has 1 atom stereocenters. The van der Waals surface area contributed by atoms with Crippen LogP contribution < -0.4 is 10.1 Å². The van der Waals surface area contributed by atoms with Crippen LogP contribution in [0.25, 0.3) is 0 Å². The Morgan fingerprint density at radius 1 is 1.40 bits per heavy atom. The number of benzene rings is 1. The number of nitrogens with one attached hydrogen (secondary N) is 1. The van der Waals surface area contributed by atoms with Gasteiger partial charge in [0.05, 0.1) is 12.6 Å². The molecule has 0 aliphatic carbocycles. The second-order valence-corrected chi connectivity index (χ2v) is 4.79. The number of aliphatic hydroxyl groups is 1. The van der Waals surface area contributed by atoms with Gasteiger partial charge < -0.3 is 19.9 Å². The molecular weight excluding hydrogens is 258 g/mol. The molecule has 0 fully saturated rings. The van der Waals surface area contributed by atoms with Gasteiger partial charge in [0, 0.05) is 13.7 Å². The van der Waals surface area contributed by atoms with Gasteiger partial charge in [-0.3, -0.25) is 4.79 Å².